The molecule has 1 heteroatoms. The molecule has 0 spiro atoms. The summed E-state index contributed by atoms with van der Waals surface area (Å²) >= 11 is 0. The second kappa shape index (κ2) is 13.0. The lowest BCUT2D eigenvalue weighted by Gasteiger charge is -2.30. The van der Waals surface area contributed by atoms with Gasteiger partial charge >= 0.3 is 0 Å². The smallest absolute Gasteiger partial charge is 0.0546 e. The van der Waals surface area contributed by atoms with E-state index in [2.05, 4.69) is 217 Å². The predicted octanol–water partition coefficient (Wildman–Crippen LogP) is 14.8. The largest absolute Gasteiger partial charge is 0.309 e. The molecule has 248 valence electrons. The van der Waals surface area contributed by atoms with E-state index in [0.717, 1.165) is 17.1 Å². The fourth-order valence-corrected chi connectivity index (χ4v) is 8.08. The number of rotatable bonds is 6. The van der Waals surface area contributed by atoms with E-state index in [1.54, 1.807) is 0 Å². The van der Waals surface area contributed by atoms with Gasteiger partial charge < -0.3 is 4.90 Å². The van der Waals surface area contributed by atoms with Gasteiger partial charge in [-0.3, -0.25) is 0 Å². The van der Waals surface area contributed by atoms with E-state index in [-0.39, 0.29) is 0 Å². The van der Waals surface area contributed by atoms with Crippen LogP contribution in [0.5, 0.6) is 0 Å². The van der Waals surface area contributed by atoms with Gasteiger partial charge in [0.05, 0.1) is 11.4 Å². The Morgan fingerprint density at radius 2 is 0.755 bits per heavy atom. The normalized spacial score (nSPS) is 11.4. The number of hydrogen-bond acceptors (Lipinski definition) is 1. The summed E-state index contributed by atoms with van der Waals surface area (Å²) in [6, 6.07) is 77.3. The van der Waals surface area contributed by atoms with Crippen LogP contribution in [0.25, 0.3) is 76.5 Å². The highest BCUT2D eigenvalue weighted by Gasteiger charge is 2.23. The van der Waals surface area contributed by atoms with Crippen LogP contribution in [0.4, 0.5) is 17.1 Å². The lowest BCUT2D eigenvalue weighted by Crippen LogP contribution is -2.12. The highest BCUT2D eigenvalue weighted by atomic mass is 15.1. The topological polar surface area (TPSA) is 3.24 Å². The zero-order valence-electron chi connectivity index (χ0n) is 29.2. The third kappa shape index (κ3) is 5.42. The van der Waals surface area contributed by atoms with Crippen molar-refractivity contribution in [1.29, 1.82) is 0 Å². The van der Waals surface area contributed by atoms with Crippen molar-refractivity contribution in [3.05, 3.63) is 212 Å². The zero-order chi connectivity index (χ0) is 35.1. The fraction of sp³-hybridized carbons (Fsp3) is 0. The molecule has 0 atom stereocenters. The van der Waals surface area contributed by atoms with Crippen LogP contribution in [0.15, 0.2) is 212 Å². The molecule has 53 heavy (non-hydrogen) atoms. The second-order valence-electron chi connectivity index (χ2n) is 13.7. The maximum Gasteiger partial charge on any atom is 0.0546 e. The Morgan fingerprint density at radius 3 is 1.42 bits per heavy atom. The Hall–Kier alpha value is -6.96. The molecule has 0 bridgehead atoms. The van der Waals surface area contributed by atoms with E-state index in [0.29, 0.717) is 0 Å². The minimum absolute atomic E-state index is 1.10. The zero-order valence-corrected chi connectivity index (χ0v) is 29.2. The van der Waals surface area contributed by atoms with Crippen molar-refractivity contribution >= 4 is 60.2 Å². The first-order valence-electron chi connectivity index (χ1n) is 18.3. The molecular formula is C52H35N. The Balaban J connectivity index is 1.31. The van der Waals surface area contributed by atoms with Crippen molar-refractivity contribution < 1.29 is 0 Å². The molecule has 10 aromatic rings. The van der Waals surface area contributed by atoms with Crippen LogP contribution in [0.3, 0.4) is 0 Å². The van der Waals surface area contributed by atoms with Crippen LogP contribution in [-0.2, 0) is 0 Å². The van der Waals surface area contributed by atoms with Gasteiger partial charge in [-0.15, -0.1) is 0 Å². The van der Waals surface area contributed by atoms with Crippen molar-refractivity contribution in [2.24, 2.45) is 0 Å². The van der Waals surface area contributed by atoms with Crippen LogP contribution in [-0.4, -0.2) is 0 Å². The summed E-state index contributed by atoms with van der Waals surface area (Å²) < 4.78 is 0. The second-order valence-corrected chi connectivity index (χ2v) is 13.7. The monoisotopic (exact) mass is 673 g/mol. The summed E-state index contributed by atoms with van der Waals surface area (Å²) in [4.78, 5) is 2.48. The molecule has 0 aliphatic carbocycles. The van der Waals surface area contributed by atoms with Gasteiger partial charge in [0.1, 0.15) is 0 Å². The summed E-state index contributed by atoms with van der Waals surface area (Å²) in [5, 5.41) is 10.0. The van der Waals surface area contributed by atoms with Gasteiger partial charge in [0.2, 0.25) is 0 Å². The van der Waals surface area contributed by atoms with Crippen LogP contribution in [0.2, 0.25) is 0 Å². The maximum atomic E-state index is 2.48. The maximum absolute atomic E-state index is 2.48. The van der Waals surface area contributed by atoms with E-state index >= 15 is 0 Å². The average Bonchev–Trinajstić information content (AvgIpc) is 3.24. The van der Waals surface area contributed by atoms with Crippen LogP contribution < -0.4 is 4.90 Å². The van der Waals surface area contributed by atoms with Crippen molar-refractivity contribution in [2.45, 2.75) is 0 Å². The first-order valence-corrected chi connectivity index (χ1v) is 18.3. The molecule has 0 amide bonds. The molecule has 0 heterocycles. The van der Waals surface area contributed by atoms with Gasteiger partial charge in [0.25, 0.3) is 0 Å². The standard InChI is InChI=1S/C52H35N/c1-4-14-36(15-5-1)38-26-30-44(31-27-38)53(49-33-29-42(37-16-6-2-7-17-37)34-48(49)39-18-8-3-9-19-39)50-35-43-25-24-40-20-10-12-22-45(40)51(43)52-46-23-13-11-21-41(46)28-32-47(50)52/h1-35H. The quantitative estimate of drug-likeness (QED) is 0.159. The van der Waals surface area contributed by atoms with E-state index in [4.69, 9.17) is 0 Å². The van der Waals surface area contributed by atoms with E-state index < -0.39 is 0 Å². The van der Waals surface area contributed by atoms with Crippen molar-refractivity contribution in [2.75, 3.05) is 4.90 Å². The fourth-order valence-electron chi connectivity index (χ4n) is 8.08. The minimum atomic E-state index is 1.10. The van der Waals surface area contributed by atoms with Gasteiger partial charge in [0, 0.05) is 22.0 Å². The van der Waals surface area contributed by atoms with Gasteiger partial charge in [-0.25, -0.2) is 0 Å². The van der Waals surface area contributed by atoms with Crippen molar-refractivity contribution in [3.63, 3.8) is 0 Å². The molecule has 1 nitrogen and oxygen atoms in total. The molecule has 0 saturated heterocycles. The lowest BCUT2D eigenvalue weighted by molar-refractivity contribution is 1.30. The van der Waals surface area contributed by atoms with Crippen molar-refractivity contribution in [3.8, 4) is 33.4 Å². The number of nitrogens with zero attached hydrogens (tertiary/aromatic N) is 1. The van der Waals surface area contributed by atoms with E-state index in [9.17, 15) is 0 Å². The first-order chi connectivity index (χ1) is 26.3. The number of fused-ring (bicyclic) bond motifs is 7. The molecule has 0 aliphatic heterocycles. The Labute approximate surface area is 309 Å². The lowest BCUT2D eigenvalue weighted by atomic mass is 9.90. The number of hydrogen-bond donors (Lipinski definition) is 0. The van der Waals surface area contributed by atoms with Gasteiger partial charge in [0.15, 0.2) is 0 Å². The molecule has 10 aromatic carbocycles. The molecule has 0 radical (unpaired) electrons. The summed E-state index contributed by atoms with van der Waals surface area (Å²) in [5.41, 5.74) is 10.5. The number of benzene rings is 10. The highest BCUT2D eigenvalue weighted by molar-refractivity contribution is 6.30. The van der Waals surface area contributed by atoms with Gasteiger partial charge in [-0.05, 0) is 90.5 Å². The van der Waals surface area contributed by atoms with Crippen LogP contribution in [0, 0.1) is 0 Å². The van der Waals surface area contributed by atoms with E-state index in [1.807, 2.05) is 0 Å². The SMILES string of the molecule is c1ccc(-c2ccc(N(c3ccc(-c4ccccc4)cc3-c3ccccc3)c3cc4ccc5ccccc5c4c4c3ccc3ccccc34)cc2)cc1. The van der Waals surface area contributed by atoms with E-state index in [1.165, 1.54) is 76.5 Å². The number of anilines is 3. The third-order valence-electron chi connectivity index (χ3n) is 10.6. The summed E-state index contributed by atoms with van der Waals surface area (Å²) in [5.74, 6) is 0. The predicted molar refractivity (Wildman–Crippen MR) is 227 cm³/mol. The molecule has 0 aliphatic rings. The Kier molecular flexibility index (Phi) is 7.55. The first kappa shape index (κ1) is 30.8. The van der Waals surface area contributed by atoms with Gasteiger partial charge in [-0.2, -0.15) is 0 Å². The third-order valence-corrected chi connectivity index (χ3v) is 10.6. The Morgan fingerprint density at radius 1 is 0.264 bits per heavy atom. The molecular weight excluding hydrogens is 639 g/mol. The minimum Gasteiger partial charge on any atom is -0.309 e. The molecule has 0 unspecified atom stereocenters. The van der Waals surface area contributed by atoms with Crippen molar-refractivity contribution in [1.82, 2.24) is 0 Å². The molecule has 0 saturated carbocycles. The highest BCUT2D eigenvalue weighted by Crippen LogP contribution is 2.48. The summed E-state index contributed by atoms with van der Waals surface area (Å²) in [6.07, 6.45) is 0. The molecule has 0 N–H and O–H groups in total. The molecule has 0 aromatic heterocycles. The summed E-state index contributed by atoms with van der Waals surface area (Å²) in [6.45, 7) is 0. The molecule has 0 fully saturated rings. The molecule has 10 rings (SSSR count). The average molecular weight is 674 g/mol. The Bertz CT molecular complexity index is 2910. The summed E-state index contributed by atoms with van der Waals surface area (Å²) in [7, 11) is 0. The van der Waals surface area contributed by atoms with Gasteiger partial charge in [-0.1, -0.05) is 182 Å². The van der Waals surface area contributed by atoms with Crippen LogP contribution in [0.1, 0.15) is 0 Å². The van der Waals surface area contributed by atoms with Crippen LogP contribution >= 0.6 is 0 Å².